The predicted octanol–water partition coefficient (Wildman–Crippen LogP) is 3.58. The Kier molecular flexibility index (Phi) is 4.96. The maximum absolute atomic E-state index is 13.0. The smallest absolute Gasteiger partial charge is 0.124 e. The van der Waals surface area contributed by atoms with Crippen LogP contribution in [0.4, 0.5) is 10.1 Å². The largest absolute Gasteiger partial charge is 0.494 e. The van der Waals surface area contributed by atoms with Gasteiger partial charge in [-0.1, -0.05) is 18.2 Å². The molecular weight excluding hydrogens is 255 g/mol. The number of hydrogen-bond donors (Lipinski definition) is 1. The summed E-state index contributed by atoms with van der Waals surface area (Å²) in [4.78, 5) is 0. The lowest BCUT2D eigenvalue weighted by molar-refractivity contribution is 0.315. The van der Waals surface area contributed by atoms with Crippen LogP contribution in [0.2, 0.25) is 0 Å². The van der Waals surface area contributed by atoms with E-state index in [9.17, 15) is 4.39 Å². The quantitative estimate of drug-likeness (QED) is 0.816. The Morgan fingerprint density at radius 2 is 1.95 bits per heavy atom. The lowest BCUT2D eigenvalue weighted by atomic mass is 10.2. The first-order valence-corrected chi connectivity index (χ1v) is 6.41. The highest BCUT2D eigenvalue weighted by Crippen LogP contribution is 2.16. The van der Waals surface area contributed by atoms with Gasteiger partial charge in [0.1, 0.15) is 17.6 Å². The molecule has 0 amide bonds. The molecule has 0 aliphatic rings. The van der Waals surface area contributed by atoms with Crippen LogP contribution < -0.4 is 10.1 Å². The fourth-order valence-electron chi connectivity index (χ4n) is 1.77. The minimum absolute atomic E-state index is 0.314. The van der Waals surface area contributed by atoms with E-state index in [1.54, 1.807) is 6.07 Å². The van der Waals surface area contributed by atoms with E-state index in [0.717, 1.165) is 12.2 Å². The predicted molar refractivity (Wildman–Crippen MR) is 76.2 cm³/mol. The number of para-hydroxylation sites is 1. The molecule has 0 aliphatic heterocycles. The zero-order valence-corrected chi connectivity index (χ0v) is 11.0. The van der Waals surface area contributed by atoms with E-state index in [1.165, 1.54) is 12.1 Å². The van der Waals surface area contributed by atoms with Gasteiger partial charge in [-0.25, -0.2) is 4.39 Å². The molecule has 2 aromatic rings. The first kappa shape index (κ1) is 13.9. The number of anilines is 1. The van der Waals surface area contributed by atoms with Gasteiger partial charge in [-0.2, -0.15) is 5.26 Å². The number of nitriles is 1. The van der Waals surface area contributed by atoms with Gasteiger partial charge >= 0.3 is 0 Å². The van der Waals surface area contributed by atoms with E-state index in [1.807, 2.05) is 36.4 Å². The number of benzene rings is 2. The Bertz CT molecular complexity index is 593. The summed E-state index contributed by atoms with van der Waals surface area (Å²) in [5, 5.41) is 12.0. The zero-order chi connectivity index (χ0) is 14.2. The Hall–Kier alpha value is -2.54. The molecule has 2 rings (SSSR count). The molecule has 0 bridgehead atoms. The lowest BCUT2D eigenvalue weighted by Gasteiger charge is -2.09. The van der Waals surface area contributed by atoms with Gasteiger partial charge in [0.25, 0.3) is 0 Å². The second-order valence-corrected chi connectivity index (χ2v) is 4.24. The third kappa shape index (κ3) is 3.99. The average molecular weight is 270 g/mol. The monoisotopic (exact) mass is 270 g/mol. The van der Waals surface area contributed by atoms with Gasteiger partial charge in [0.15, 0.2) is 0 Å². The second kappa shape index (κ2) is 7.15. The van der Waals surface area contributed by atoms with Crippen LogP contribution in [-0.4, -0.2) is 13.2 Å². The molecule has 0 heterocycles. The third-order valence-electron chi connectivity index (χ3n) is 2.75. The molecule has 0 aromatic heterocycles. The van der Waals surface area contributed by atoms with Gasteiger partial charge in [-0.3, -0.25) is 0 Å². The number of ether oxygens (including phenoxy) is 1. The standard InChI is InChI=1S/C16H15FN2O/c17-14-7-8-16(13(11-14)12-18)19-9-4-10-20-15-5-2-1-3-6-15/h1-3,5-8,11,19H,4,9-10H2. The maximum Gasteiger partial charge on any atom is 0.124 e. The minimum Gasteiger partial charge on any atom is -0.494 e. The van der Waals surface area contributed by atoms with Gasteiger partial charge < -0.3 is 10.1 Å². The van der Waals surface area contributed by atoms with Gasteiger partial charge in [-0.05, 0) is 36.8 Å². The molecule has 0 saturated carbocycles. The number of halogens is 1. The van der Waals surface area contributed by atoms with Crippen molar-refractivity contribution in [1.29, 1.82) is 5.26 Å². The van der Waals surface area contributed by atoms with E-state index in [4.69, 9.17) is 10.00 Å². The summed E-state index contributed by atoms with van der Waals surface area (Å²) >= 11 is 0. The fourth-order valence-corrected chi connectivity index (χ4v) is 1.77. The van der Waals surface area contributed by atoms with Crippen LogP contribution in [-0.2, 0) is 0 Å². The molecule has 2 aromatic carbocycles. The van der Waals surface area contributed by atoms with Crippen LogP contribution in [0, 0.1) is 17.1 Å². The summed E-state index contributed by atoms with van der Waals surface area (Å²) < 4.78 is 18.5. The molecule has 3 nitrogen and oxygen atoms in total. The van der Waals surface area contributed by atoms with Gasteiger partial charge in [0.05, 0.1) is 17.9 Å². The molecule has 4 heteroatoms. The molecule has 0 spiro atoms. The lowest BCUT2D eigenvalue weighted by Crippen LogP contribution is -2.08. The molecule has 0 atom stereocenters. The van der Waals surface area contributed by atoms with Crippen molar-refractivity contribution in [3.05, 3.63) is 59.9 Å². The van der Waals surface area contributed by atoms with E-state index in [2.05, 4.69) is 5.32 Å². The van der Waals surface area contributed by atoms with Crippen LogP contribution in [0.25, 0.3) is 0 Å². The van der Waals surface area contributed by atoms with E-state index >= 15 is 0 Å². The number of nitrogens with zero attached hydrogens (tertiary/aromatic N) is 1. The van der Waals surface area contributed by atoms with Crippen LogP contribution >= 0.6 is 0 Å². The maximum atomic E-state index is 13.0. The number of rotatable bonds is 6. The molecule has 0 aliphatic carbocycles. The van der Waals surface area contributed by atoms with Crippen LogP contribution in [0.1, 0.15) is 12.0 Å². The van der Waals surface area contributed by atoms with Crippen LogP contribution in [0.15, 0.2) is 48.5 Å². The summed E-state index contributed by atoms with van der Waals surface area (Å²) in [5.41, 5.74) is 0.961. The molecule has 1 N–H and O–H groups in total. The molecule has 102 valence electrons. The van der Waals surface area contributed by atoms with E-state index in [-0.39, 0.29) is 0 Å². The van der Waals surface area contributed by atoms with Gasteiger partial charge in [-0.15, -0.1) is 0 Å². The molecular formula is C16H15FN2O. The first-order valence-electron chi connectivity index (χ1n) is 6.41. The van der Waals surface area contributed by atoms with Crippen molar-refractivity contribution in [3.8, 4) is 11.8 Å². The summed E-state index contributed by atoms with van der Waals surface area (Å²) in [5.74, 6) is 0.437. The van der Waals surface area contributed by atoms with Crippen LogP contribution in [0.5, 0.6) is 5.75 Å². The van der Waals surface area contributed by atoms with E-state index < -0.39 is 5.82 Å². The van der Waals surface area contributed by atoms with Crippen molar-refractivity contribution in [2.24, 2.45) is 0 Å². The summed E-state index contributed by atoms with van der Waals surface area (Å²) in [6.45, 7) is 1.24. The highest BCUT2D eigenvalue weighted by atomic mass is 19.1. The Morgan fingerprint density at radius 1 is 1.15 bits per heavy atom. The number of hydrogen-bond acceptors (Lipinski definition) is 3. The highest BCUT2D eigenvalue weighted by Gasteiger charge is 2.02. The van der Waals surface area contributed by atoms with Crippen LogP contribution in [0.3, 0.4) is 0 Å². The highest BCUT2D eigenvalue weighted by molar-refractivity contribution is 5.57. The van der Waals surface area contributed by atoms with Crippen molar-refractivity contribution in [2.45, 2.75) is 6.42 Å². The molecule has 0 saturated heterocycles. The Morgan fingerprint density at radius 3 is 2.70 bits per heavy atom. The van der Waals surface area contributed by atoms with Crippen molar-refractivity contribution in [1.82, 2.24) is 0 Å². The normalized spacial score (nSPS) is 9.80. The molecule has 0 fully saturated rings. The minimum atomic E-state index is -0.403. The average Bonchev–Trinajstić information content (AvgIpc) is 2.49. The number of nitrogens with one attached hydrogen (secondary N) is 1. The van der Waals surface area contributed by atoms with E-state index in [0.29, 0.717) is 24.4 Å². The fraction of sp³-hybridized carbons (Fsp3) is 0.188. The topological polar surface area (TPSA) is 45.0 Å². The molecule has 20 heavy (non-hydrogen) atoms. The Balaban J connectivity index is 1.75. The summed E-state index contributed by atoms with van der Waals surface area (Å²) in [7, 11) is 0. The summed E-state index contributed by atoms with van der Waals surface area (Å²) in [6.07, 6.45) is 0.789. The van der Waals surface area contributed by atoms with Gasteiger partial charge in [0.2, 0.25) is 0 Å². The SMILES string of the molecule is N#Cc1cc(F)ccc1NCCCOc1ccccc1. The summed E-state index contributed by atoms with van der Waals surface area (Å²) in [6, 6.07) is 15.7. The molecule has 0 unspecified atom stereocenters. The van der Waals surface area contributed by atoms with Gasteiger partial charge in [0, 0.05) is 6.54 Å². The third-order valence-corrected chi connectivity index (χ3v) is 2.75. The Labute approximate surface area is 117 Å². The van der Waals surface area contributed by atoms with Crippen molar-refractivity contribution < 1.29 is 9.13 Å². The van der Waals surface area contributed by atoms with Crippen molar-refractivity contribution in [2.75, 3.05) is 18.5 Å². The zero-order valence-electron chi connectivity index (χ0n) is 11.0. The second-order valence-electron chi connectivity index (χ2n) is 4.24. The first-order chi connectivity index (χ1) is 9.79. The molecule has 0 radical (unpaired) electrons. The van der Waals surface area contributed by atoms with Crippen molar-refractivity contribution in [3.63, 3.8) is 0 Å². The van der Waals surface area contributed by atoms with Crippen molar-refractivity contribution >= 4 is 5.69 Å².